The van der Waals surface area contributed by atoms with Crippen LogP contribution in [0, 0.1) is 0 Å². The van der Waals surface area contributed by atoms with Gasteiger partial charge in [0.15, 0.2) is 12.4 Å². The number of hydrogen-bond acceptors (Lipinski definition) is 12. The molecule has 1 rings (SSSR count). The largest absolute Gasteiger partial charge is 0.463 e. The van der Waals surface area contributed by atoms with Crippen LogP contribution in [0.5, 0.6) is 0 Å². The van der Waals surface area contributed by atoms with Crippen LogP contribution in [0.4, 0.5) is 0 Å². The summed E-state index contributed by atoms with van der Waals surface area (Å²) < 4.78 is 38.3. The zero-order chi connectivity index (χ0) is 25.5. The van der Waals surface area contributed by atoms with E-state index >= 15 is 0 Å². The molecule has 13 heteroatoms. The Hall–Kier alpha value is -2.32. The lowest BCUT2D eigenvalue weighted by Crippen LogP contribution is -2.46. The molecule has 0 spiro atoms. The van der Waals surface area contributed by atoms with E-state index in [1.807, 2.05) is 0 Å². The lowest BCUT2D eigenvalue weighted by molar-refractivity contribution is -0.219. The summed E-state index contributed by atoms with van der Waals surface area (Å²) in [4.78, 5) is 46.7. The van der Waals surface area contributed by atoms with Gasteiger partial charge in [-0.1, -0.05) is 0 Å². The van der Waals surface area contributed by atoms with Gasteiger partial charge in [0.2, 0.25) is 5.91 Å². The van der Waals surface area contributed by atoms with Crippen LogP contribution in [0.15, 0.2) is 0 Å². The van der Waals surface area contributed by atoms with E-state index in [1.165, 1.54) is 27.7 Å². The Labute approximate surface area is 198 Å². The number of carbonyl (C=O) groups excluding carboxylic acids is 4. The van der Waals surface area contributed by atoms with Crippen molar-refractivity contribution in [2.75, 3.05) is 46.2 Å². The molecule has 3 unspecified atom stereocenters. The van der Waals surface area contributed by atoms with E-state index in [1.54, 1.807) is 0 Å². The molecule has 0 aromatic heterocycles. The van der Waals surface area contributed by atoms with E-state index in [0.29, 0.717) is 26.4 Å². The van der Waals surface area contributed by atoms with Gasteiger partial charge in [-0.3, -0.25) is 19.2 Å². The van der Waals surface area contributed by atoms with Crippen molar-refractivity contribution >= 4 is 23.8 Å². The minimum atomic E-state index is -1.11. The predicted molar refractivity (Wildman–Crippen MR) is 115 cm³/mol. The Bertz CT molecular complexity index is 661. The molecule has 0 aliphatic carbocycles. The van der Waals surface area contributed by atoms with Gasteiger partial charge in [-0.25, -0.2) is 0 Å². The van der Waals surface area contributed by atoms with E-state index in [-0.39, 0.29) is 32.1 Å². The molecule has 0 aromatic rings. The number of esters is 3. The Morgan fingerprint density at radius 2 is 1.50 bits per heavy atom. The average Bonchev–Trinajstić information content (AvgIpc) is 2.85. The topological polar surface area (TPSA) is 171 Å². The van der Waals surface area contributed by atoms with Crippen LogP contribution in [-0.2, 0) is 52.3 Å². The molecule has 0 bridgehead atoms. The van der Waals surface area contributed by atoms with Crippen molar-refractivity contribution in [3.05, 3.63) is 0 Å². The first-order valence-electron chi connectivity index (χ1n) is 11.0. The van der Waals surface area contributed by atoms with Crippen molar-refractivity contribution in [2.24, 2.45) is 5.73 Å². The van der Waals surface area contributed by atoms with E-state index in [2.05, 4.69) is 5.32 Å². The van der Waals surface area contributed by atoms with Crippen LogP contribution in [-0.4, -0.2) is 101 Å². The van der Waals surface area contributed by atoms with Gasteiger partial charge in [-0.15, -0.1) is 0 Å². The van der Waals surface area contributed by atoms with Crippen molar-refractivity contribution in [3.8, 4) is 0 Å². The maximum absolute atomic E-state index is 11.8. The first kappa shape index (κ1) is 29.7. The Morgan fingerprint density at radius 3 is 2.06 bits per heavy atom. The van der Waals surface area contributed by atoms with Gasteiger partial charge in [-0.05, 0) is 0 Å². The van der Waals surface area contributed by atoms with Crippen LogP contribution in [0.1, 0.15) is 34.1 Å². The van der Waals surface area contributed by atoms with Crippen molar-refractivity contribution < 1.29 is 52.3 Å². The molecule has 1 heterocycles. The second-order valence-electron chi connectivity index (χ2n) is 7.49. The number of ether oxygens (including phenoxy) is 7. The number of carbonyl (C=O) groups is 4. The van der Waals surface area contributed by atoms with Gasteiger partial charge in [0.05, 0.1) is 39.1 Å². The third-order valence-electron chi connectivity index (χ3n) is 4.46. The number of amides is 1. The van der Waals surface area contributed by atoms with E-state index < -0.39 is 48.6 Å². The number of rotatable bonds is 14. The molecule has 196 valence electrons. The molecule has 1 saturated heterocycles. The number of nitrogens with one attached hydrogen (secondary N) is 1. The molecule has 1 aliphatic rings. The van der Waals surface area contributed by atoms with Crippen LogP contribution in [0.25, 0.3) is 0 Å². The molecule has 0 saturated carbocycles. The zero-order valence-corrected chi connectivity index (χ0v) is 20.1. The summed E-state index contributed by atoms with van der Waals surface area (Å²) in [6.45, 7) is 6.48. The smallest absolute Gasteiger partial charge is 0.303 e. The van der Waals surface area contributed by atoms with Gasteiger partial charge < -0.3 is 44.2 Å². The minimum absolute atomic E-state index is 0.0200. The first-order valence-corrected chi connectivity index (χ1v) is 11.0. The number of hydrogen-bond donors (Lipinski definition) is 2. The van der Waals surface area contributed by atoms with Crippen LogP contribution in [0.3, 0.4) is 0 Å². The van der Waals surface area contributed by atoms with Crippen molar-refractivity contribution in [2.45, 2.75) is 64.8 Å². The molecule has 0 radical (unpaired) electrons. The molecule has 0 aromatic carbocycles. The maximum Gasteiger partial charge on any atom is 0.303 e. The quantitative estimate of drug-likeness (QED) is 0.173. The van der Waals surface area contributed by atoms with Crippen molar-refractivity contribution in [1.29, 1.82) is 0 Å². The van der Waals surface area contributed by atoms with Gasteiger partial charge in [0, 0.05) is 40.7 Å². The SMILES string of the molecule is CC(=O)NC1CC(OC(C)=O)[C@@H](OC(C)=O)C(COC(C)=O)O[C@H]1OCCOCCOCCN. The molecular weight excluding hydrogens is 456 g/mol. The molecule has 34 heavy (non-hydrogen) atoms. The van der Waals surface area contributed by atoms with Crippen LogP contribution < -0.4 is 11.1 Å². The van der Waals surface area contributed by atoms with Gasteiger partial charge >= 0.3 is 17.9 Å². The summed E-state index contributed by atoms with van der Waals surface area (Å²) in [5, 5.41) is 2.71. The second-order valence-corrected chi connectivity index (χ2v) is 7.49. The zero-order valence-electron chi connectivity index (χ0n) is 20.1. The monoisotopic (exact) mass is 492 g/mol. The summed E-state index contributed by atoms with van der Waals surface area (Å²) in [7, 11) is 0. The van der Waals surface area contributed by atoms with Crippen LogP contribution in [0.2, 0.25) is 0 Å². The highest BCUT2D eigenvalue weighted by atomic mass is 16.7. The van der Waals surface area contributed by atoms with Crippen molar-refractivity contribution in [3.63, 3.8) is 0 Å². The Morgan fingerprint density at radius 1 is 0.882 bits per heavy atom. The van der Waals surface area contributed by atoms with E-state index in [9.17, 15) is 19.2 Å². The molecule has 3 N–H and O–H groups in total. The summed E-state index contributed by atoms with van der Waals surface area (Å²) in [5.74, 6) is -2.24. The van der Waals surface area contributed by atoms with E-state index in [0.717, 1.165) is 0 Å². The summed E-state index contributed by atoms with van der Waals surface area (Å²) in [6.07, 6.45) is -4.16. The summed E-state index contributed by atoms with van der Waals surface area (Å²) in [5.41, 5.74) is 5.34. The normalized spacial score (nSPS) is 24.6. The molecule has 1 amide bonds. The van der Waals surface area contributed by atoms with Gasteiger partial charge in [0.1, 0.15) is 18.8 Å². The van der Waals surface area contributed by atoms with E-state index in [4.69, 9.17) is 38.9 Å². The average molecular weight is 493 g/mol. The van der Waals surface area contributed by atoms with Gasteiger partial charge in [0.25, 0.3) is 0 Å². The fraction of sp³-hybridized carbons (Fsp3) is 0.810. The Kier molecular flexibility index (Phi) is 14.3. The van der Waals surface area contributed by atoms with Gasteiger partial charge in [-0.2, -0.15) is 0 Å². The molecule has 1 aliphatic heterocycles. The minimum Gasteiger partial charge on any atom is -0.463 e. The fourth-order valence-corrected chi connectivity index (χ4v) is 3.26. The van der Waals surface area contributed by atoms with Crippen LogP contribution >= 0.6 is 0 Å². The molecule has 13 nitrogen and oxygen atoms in total. The second kappa shape index (κ2) is 16.3. The summed E-state index contributed by atoms with van der Waals surface area (Å²) >= 11 is 0. The first-order chi connectivity index (χ1) is 16.1. The summed E-state index contributed by atoms with van der Waals surface area (Å²) in [6, 6.07) is -0.768. The molecule has 1 fully saturated rings. The molecular formula is C21H36N2O11. The highest BCUT2D eigenvalue weighted by molar-refractivity contribution is 5.73. The molecule has 5 atom stereocenters. The Balaban J connectivity index is 2.99. The third-order valence-corrected chi connectivity index (χ3v) is 4.46. The fourth-order valence-electron chi connectivity index (χ4n) is 3.26. The number of nitrogens with two attached hydrogens (primary N) is 1. The third kappa shape index (κ3) is 12.2. The highest BCUT2D eigenvalue weighted by Crippen LogP contribution is 2.26. The standard InChI is InChI=1S/C21H36N2O11/c1-13(24)23-17-11-18(32-15(3)26)20(33-16(4)27)19(12-31-14(2)25)34-21(17)30-10-9-29-8-7-28-6-5-22/h17-21H,5-12,22H2,1-4H3,(H,23,24)/t17?,18?,19?,20-,21-/m1/s1. The lowest BCUT2D eigenvalue weighted by Gasteiger charge is -2.30. The predicted octanol–water partition coefficient (Wildman–Crippen LogP) is -0.959. The lowest BCUT2D eigenvalue weighted by atomic mass is 10.0. The van der Waals surface area contributed by atoms with Crippen molar-refractivity contribution in [1.82, 2.24) is 5.32 Å². The maximum atomic E-state index is 11.8. The highest BCUT2D eigenvalue weighted by Gasteiger charge is 2.45.